The normalized spacial score (nSPS) is 13.9. The van der Waals surface area contributed by atoms with E-state index in [1.165, 1.54) is 12.1 Å². The van der Waals surface area contributed by atoms with Crippen molar-refractivity contribution in [1.29, 1.82) is 0 Å². The first-order valence-electron chi connectivity index (χ1n) is 17.6. The molecule has 15 heteroatoms. The highest BCUT2D eigenvalue weighted by Crippen LogP contribution is 2.28. The first-order chi connectivity index (χ1) is 24.1. The van der Waals surface area contributed by atoms with E-state index in [4.69, 9.17) is 24.3 Å². The Bertz CT molecular complexity index is 1690. The van der Waals surface area contributed by atoms with Gasteiger partial charge in [0.2, 0.25) is 15.9 Å². The van der Waals surface area contributed by atoms with Gasteiger partial charge in [-0.05, 0) is 129 Å². The molecule has 1 aliphatic rings. The number of sulfonamides is 1. The van der Waals surface area contributed by atoms with E-state index < -0.39 is 45.3 Å². The fourth-order valence-corrected chi connectivity index (χ4v) is 7.27. The molecule has 1 aliphatic heterocycles. The van der Waals surface area contributed by atoms with Crippen LogP contribution in [0.4, 0.5) is 10.6 Å². The van der Waals surface area contributed by atoms with Crippen LogP contribution >= 0.6 is 0 Å². The number of carboxylic acid groups (broad SMARTS) is 1. The van der Waals surface area contributed by atoms with Crippen LogP contribution in [0, 0.1) is 13.8 Å². The zero-order valence-electron chi connectivity index (χ0n) is 31.6. The Morgan fingerprint density at radius 3 is 2.21 bits per heavy atom. The molecule has 1 atom stereocenters. The van der Waals surface area contributed by atoms with E-state index in [0.29, 0.717) is 54.9 Å². The Kier molecular flexibility index (Phi) is 14.6. The van der Waals surface area contributed by atoms with Gasteiger partial charge in [-0.2, -0.15) is 4.72 Å². The van der Waals surface area contributed by atoms with Crippen LogP contribution in [0.2, 0.25) is 0 Å². The molecule has 3 rings (SSSR count). The highest BCUT2D eigenvalue weighted by molar-refractivity contribution is 7.89. The van der Waals surface area contributed by atoms with Crippen LogP contribution in [0.5, 0.6) is 5.75 Å². The predicted octanol–water partition coefficient (Wildman–Crippen LogP) is 5.15. The molecule has 0 spiro atoms. The maximum absolute atomic E-state index is 13.6. The lowest BCUT2D eigenvalue weighted by Crippen LogP contribution is -2.50. The third-order valence-electron chi connectivity index (χ3n) is 7.80. The smallest absolute Gasteiger partial charge is 0.416 e. The molecule has 0 aliphatic carbocycles. The van der Waals surface area contributed by atoms with Crippen LogP contribution in [0.15, 0.2) is 29.2 Å². The standard InChI is InChI=1S/C37H54N4O10S/c1-24-21-28(49-20-12-16-31(43)44)22-25(2)32(24)52(47,48)40-29(34(45)50-36(3,4)5)23-38-30(42)15-10-9-14-27-18-17-26-13-11-19-41(33(26)39-27)35(46)51-37(6,7)8/h17-18,21-22,29,40H,9-16,19-20,23H2,1-8H3,(H,38,42)(H,43,44)/t29-/m0/s1. The monoisotopic (exact) mass is 746 g/mol. The summed E-state index contributed by atoms with van der Waals surface area (Å²) in [5, 5.41) is 11.5. The third-order valence-corrected chi connectivity index (χ3v) is 9.57. The average Bonchev–Trinajstić information content (AvgIpc) is 3.00. The lowest BCUT2D eigenvalue weighted by molar-refractivity contribution is -0.156. The first-order valence-corrected chi connectivity index (χ1v) is 19.1. The number of benzene rings is 1. The summed E-state index contributed by atoms with van der Waals surface area (Å²) in [6.45, 7) is 14.0. The highest BCUT2D eigenvalue weighted by atomic mass is 32.2. The Morgan fingerprint density at radius 1 is 0.942 bits per heavy atom. The fraction of sp³-hybridized carbons (Fsp3) is 0.595. The number of ether oxygens (including phenoxy) is 3. The van der Waals surface area contributed by atoms with Gasteiger partial charge >= 0.3 is 18.0 Å². The van der Waals surface area contributed by atoms with Crippen LogP contribution in [0.25, 0.3) is 0 Å². The van der Waals surface area contributed by atoms with Crippen molar-refractivity contribution in [2.75, 3.05) is 24.6 Å². The number of rotatable bonds is 16. The van der Waals surface area contributed by atoms with Crippen molar-refractivity contribution in [3.63, 3.8) is 0 Å². The van der Waals surface area contributed by atoms with Crippen molar-refractivity contribution in [2.24, 2.45) is 0 Å². The zero-order chi connectivity index (χ0) is 38.9. The van der Waals surface area contributed by atoms with Gasteiger partial charge in [0.25, 0.3) is 0 Å². The number of aromatic nitrogens is 1. The van der Waals surface area contributed by atoms with Crippen LogP contribution in [-0.4, -0.2) is 79.4 Å². The van der Waals surface area contributed by atoms with Gasteiger partial charge in [-0.25, -0.2) is 18.2 Å². The minimum Gasteiger partial charge on any atom is -0.494 e. The van der Waals surface area contributed by atoms with Crippen molar-refractivity contribution in [2.45, 2.75) is 129 Å². The second kappa shape index (κ2) is 18.0. The average molecular weight is 747 g/mol. The SMILES string of the molecule is Cc1cc(OCCCC(=O)O)cc(C)c1S(=O)(=O)N[C@@H](CNC(=O)CCCCc1ccc2c(n1)N(C(=O)OC(C)(C)C)CCC2)C(=O)OC(C)(C)C. The Labute approximate surface area is 307 Å². The van der Waals surface area contributed by atoms with E-state index in [1.807, 2.05) is 32.9 Å². The van der Waals surface area contributed by atoms with E-state index in [0.717, 1.165) is 24.1 Å². The Morgan fingerprint density at radius 2 is 1.60 bits per heavy atom. The summed E-state index contributed by atoms with van der Waals surface area (Å²) in [6.07, 6.45) is 3.29. The summed E-state index contributed by atoms with van der Waals surface area (Å²) in [6, 6.07) is 5.56. The molecule has 2 aromatic rings. The molecular formula is C37H54N4O10S. The number of carbonyl (C=O) groups excluding carboxylic acids is 3. The van der Waals surface area contributed by atoms with Gasteiger partial charge in [0.1, 0.15) is 28.8 Å². The van der Waals surface area contributed by atoms with Gasteiger partial charge in [-0.3, -0.25) is 19.3 Å². The van der Waals surface area contributed by atoms with E-state index in [9.17, 15) is 27.6 Å². The van der Waals surface area contributed by atoms with Crippen molar-refractivity contribution >= 4 is 39.8 Å². The molecule has 0 unspecified atom stereocenters. The molecule has 2 heterocycles. The molecule has 2 amide bonds. The molecular weight excluding hydrogens is 692 g/mol. The summed E-state index contributed by atoms with van der Waals surface area (Å²) >= 11 is 0. The molecule has 0 radical (unpaired) electrons. The van der Waals surface area contributed by atoms with Gasteiger partial charge < -0.3 is 24.6 Å². The lowest BCUT2D eigenvalue weighted by atomic mass is 10.0. The lowest BCUT2D eigenvalue weighted by Gasteiger charge is -2.31. The molecule has 52 heavy (non-hydrogen) atoms. The first kappa shape index (κ1) is 42.2. The largest absolute Gasteiger partial charge is 0.494 e. The second-order valence-corrected chi connectivity index (χ2v) is 16.6. The van der Waals surface area contributed by atoms with Gasteiger partial charge in [0.15, 0.2) is 0 Å². The molecule has 0 saturated heterocycles. The molecule has 3 N–H and O–H groups in total. The maximum atomic E-state index is 13.6. The van der Waals surface area contributed by atoms with Crippen LogP contribution in [0.1, 0.15) is 102 Å². The molecule has 0 bridgehead atoms. The van der Waals surface area contributed by atoms with E-state index in [1.54, 1.807) is 39.5 Å². The Balaban J connectivity index is 1.61. The fourth-order valence-electron chi connectivity index (χ4n) is 5.63. The second-order valence-electron chi connectivity index (χ2n) is 15.0. The number of aliphatic carboxylic acids is 1. The third kappa shape index (κ3) is 13.4. The van der Waals surface area contributed by atoms with E-state index in [-0.39, 0.29) is 36.8 Å². The number of nitrogens with one attached hydrogen (secondary N) is 2. The van der Waals surface area contributed by atoms with Crippen molar-refractivity contribution in [1.82, 2.24) is 15.0 Å². The van der Waals surface area contributed by atoms with Gasteiger partial charge in [0.05, 0.1) is 11.5 Å². The molecule has 14 nitrogen and oxygen atoms in total. The number of amides is 2. The van der Waals surface area contributed by atoms with Gasteiger partial charge in [0, 0.05) is 31.6 Å². The number of carboxylic acids is 1. The van der Waals surface area contributed by atoms with Crippen LogP contribution < -0.4 is 19.7 Å². The Hall–Kier alpha value is -4.24. The number of esters is 1. The molecule has 0 saturated carbocycles. The minimum absolute atomic E-state index is 0.0460. The summed E-state index contributed by atoms with van der Waals surface area (Å²) < 4.78 is 46.4. The summed E-state index contributed by atoms with van der Waals surface area (Å²) in [5.41, 5.74) is 0.953. The number of aryl methyl sites for hydroxylation is 4. The maximum Gasteiger partial charge on any atom is 0.416 e. The minimum atomic E-state index is -4.27. The van der Waals surface area contributed by atoms with Crippen molar-refractivity contribution in [3.8, 4) is 5.75 Å². The van der Waals surface area contributed by atoms with Crippen molar-refractivity contribution < 1.29 is 46.9 Å². The van der Waals surface area contributed by atoms with Crippen LogP contribution in [-0.2, 0) is 46.7 Å². The quantitative estimate of drug-likeness (QED) is 0.152. The predicted molar refractivity (Wildman–Crippen MR) is 195 cm³/mol. The number of pyridine rings is 1. The summed E-state index contributed by atoms with van der Waals surface area (Å²) in [5.74, 6) is -1.15. The highest BCUT2D eigenvalue weighted by Gasteiger charge is 2.32. The van der Waals surface area contributed by atoms with Crippen molar-refractivity contribution in [3.05, 3.63) is 46.6 Å². The number of fused-ring (bicyclic) bond motifs is 1. The number of hydrogen-bond acceptors (Lipinski definition) is 10. The molecule has 1 aromatic carbocycles. The zero-order valence-corrected chi connectivity index (χ0v) is 32.4. The van der Waals surface area contributed by atoms with Crippen LogP contribution in [0.3, 0.4) is 0 Å². The summed E-state index contributed by atoms with van der Waals surface area (Å²) in [4.78, 5) is 55.9. The molecule has 1 aromatic heterocycles. The number of unbranched alkanes of at least 4 members (excludes halogenated alkanes) is 1. The van der Waals surface area contributed by atoms with Gasteiger partial charge in [-0.1, -0.05) is 6.07 Å². The number of anilines is 1. The van der Waals surface area contributed by atoms with Gasteiger partial charge in [-0.15, -0.1) is 0 Å². The number of hydrogen-bond donors (Lipinski definition) is 3. The van der Waals surface area contributed by atoms with E-state index >= 15 is 0 Å². The van der Waals surface area contributed by atoms with E-state index in [2.05, 4.69) is 10.0 Å². The molecule has 0 fully saturated rings. The summed E-state index contributed by atoms with van der Waals surface area (Å²) in [7, 11) is -4.27. The number of nitrogens with zero attached hydrogens (tertiary/aromatic N) is 2. The molecule has 288 valence electrons. The number of carbonyl (C=O) groups is 4. The topological polar surface area (TPSA) is 191 Å².